The van der Waals surface area contributed by atoms with Gasteiger partial charge >= 0.3 is 5.97 Å². The van der Waals surface area contributed by atoms with Gasteiger partial charge in [-0.3, -0.25) is 9.78 Å². The van der Waals surface area contributed by atoms with E-state index in [0.29, 0.717) is 83.4 Å². The molecule has 9 rings (SSSR count). The van der Waals surface area contributed by atoms with E-state index in [1.165, 1.54) is 35.7 Å². The van der Waals surface area contributed by atoms with Crippen molar-refractivity contribution in [3.8, 4) is 22.4 Å². The first-order valence-corrected chi connectivity index (χ1v) is 21.2. The summed E-state index contributed by atoms with van der Waals surface area (Å²) < 4.78 is 87.4. The molecule has 57 heavy (non-hydrogen) atoms. The maximum atomic E-state index is 14.5. The summed E-state index contributed by atoms with van der Waals surface area (Å²) in [5.74, 6) is -3.02. The molecule has 10 nitrogen and oxygen atoms in total. The molecule has 0 radical (unpaired) electrons. The summed E-state index contributed by atoms with van der Waals surface area (Å²) in [4.78, 5) is 16.4. The molecule has 0 spiro atoms. The van der Waals surface area contributed by atoms with Crippen LogP contribution in [-0.2, 0) is 37.6 Å². The fourth-order valence-electron chi connectivity index (χ4n) is 8.73. The van der Waals surface area contributed by atoms with Crippen molar-refractivity contribution in [2.45, 2.75) is 42.6 Å². The Morgan fingerprint density at radius 2 is 1.46 bits per heavy atom. The lowest BCUT2D eigenvalue weighted by Crippen LogP contribution is -2.11. The third-order valence-corrected chi connectivity index (χ3v) is 14.5. The fraction of sp³-hybridized carbons (Fsp3) is 0.163. The Kier molecular flexibility index (Phi) is 8.39. The van der Waals surface area contributed by atoms with E-state index in [1.807, 2.05) is 11.5 Å². The van der Waals surface area contributed by atoms with Crippen molar-refractivity contribution in [3.05, 3.63) is 142 Å². The van der Waals surface area contributed by atoms with E-state index in [4.69, 9.17) is 0 Å². The largest absolute Gasteiger partial charge is 0.480 e. The fourth-order valence-corrected chi connectivity index (χ4v) is 12.0. The molecule has 0 saturated heterocycles. The first-order valence-electron chi connectivity index (χ1n) is 18.0. The quantitative estimate of drug-likeness (QED) is 0.162. The number of rotatable bonds is 8. The van der Waals surface area contributed by atoms with Crippen molar-refractivity contribution in [2.24, 2.45) is 0 Å². The van der Waals surface area contributed by atoms with Crippen LogP contribution < -0.4 is 0 Å². The zero-order chi connectivity index (χ0) is 40.1. The van der Waals surface area contributed by atoms with E-state index in [-0.39, 0.29) is 35.2 Å². The second-order valence-corrected chi connectivity index (χ2v) is 18.2. The molecule has 0 fully saturated rings. The second-order valence-electron chi connectivity index (χ2n) is 14.4. The molecule has 2 N–H and O–H groups in total. The number of nitrogens with zero attached hydrogens (tertiary/aromatic N) is 3. The number of hydrogen-bond acceptors (Lipinski definition) is 7. The van der Waals surface area contributed by atoms with E-state index in [0.717, 1.165) is 0 Å². The molecule has 0 saturated carbocycles. The molecule has 288 valence electrons. The first-order chi connectivity index (χ1) is 27.2. The molecule has 14 heteroatoms. The van der Waals surface area contributed by atoms with Gasteiger partial charge in [0.1, 0.15) is 18.2 Å². The highest BCUT2D eigenvalue weighted by Gasteiger charge is 2.39. The number of sulfone groups is 2. The lowest BCUT2D eigenvalue weighted by atomic mass is 9.90. The van der Waals surface area contributed by atoms with Crippen LogP contribution in [0.3, 0.4) is 0 Å². The number of aliphatic carboxylic acids is 1. The van der Waals surface area contributed by atoms with E-state index < -0.39 is 43.2 Å². The molecule has 2 aliphatic heterocycles. The maximum Gasteiger partial charge on any atom is 0.323 e. The Morgan fingerprint density at radius 1 is 0.789 bits per heavy atom. The van der Waals surface area contributed by atoms with Crippen molar-refractivity contribution in [2.75, 3.05) is 12.4 Å². The zero-order valence-electron chi connectivity index (χ0n) is 30.5. The normalized spacial score (nSPS) is 16.6. The predicted molar refractivity (Wildman–Crippen MR) is 211 cm³/mol. The SMILES string of the molecule is Cc1c(C2=CS(=O)(=O)c3cc(-c4ccnc(-c5ccc6c(c5)S(=O)(=O)CC6c5c(C)n(CC(=O)O)c6ccc(F)cc56)c4)ccc32)c2cc(F)ccc2n1CCO. The highest BCUT2D eigenvalue weighted by atomic mass is 32.2. The Labute approximate surface area is 325 Å². The summed E-state index contributed by atoms with van der Waals surface area (Å²) in [6.07, 6.45) is 1.56. The first kappa shape index (κ1) is 36.7. The van der Waals surface area contributed by atoms with Crippen LogP contribution in [0.5, 0.6) is 0 Å². The number of carboxylic acids is 1. The zero-order valence-corrected chi connectivity index (χ0v) is 32.1. The molecule has 2 aliphatic rings. The number of aliphatic hydroxyl groups is 1. The third kappa shape index (κ3) is 5.81. The lowest BCUT2D eigenvalue weighted by molar-refractivity contribution is -0.137. The number of pyridine rings is 1. The molecule has 7 aromatic rings. The van der Waals surface area contributed by atoms with Gasteiger partial charge in [-0.05, 0) is 96.8 Å². The van der Waals surface area contributed by atoms with Crippen LogP contribution in [0.2, 0.25) is 0 Å². The standard InChI is InChI=1S/C43H33F2N3O7S2/c1-23-42(32-18-28(44)5-9-37(32)47(23)13-14-49)34-21-56(52,53)39-16-25(3-7-30(34)39)26-11-12-46-36(15-26)27-4-8-31-35(22-57(54,55)40(31)17-27)43-24(2)48(20-41(50)51)38-10-6-29(45)19-33(38)43/h3-12,15-19,21,35,49H,13-14,20,22H2,1-2H3,(H,50,51). The van der Waals surface area contributed by atoms with Crippen LogP contribution in [0.1, 0.15) is 39.6 Å². The van der Waals surface area contributed by atoms with Crippen molar-refractivity contribution in [1.29, 1.82) is 0 Å². The number of carboxylic acid groups (broad SMARTS) is 1. The Morgan fingerprint density at radius 3 is 2.18 bits per heavy atom. The molecule has 5 heterocycles. The highest BCUT2D eigenvalue weighted by molar-refractivity contribution is 7.95. The van der Waals surface area contributed by atoms with Crippen LogP contribution in [0.4, 0.5) is 8.78 Å². The van der Waals surface area contributed by atoms with E-state index in [9.17, 15) is 40.6 Å². The van der Waals surface area contributed by atoms with Gasteiger partial charge < -0.3 is 19.3 Å². The monoisotopic (exact) mass is 805 g/mol. The lowest BCUT2D eigenvalue weighted by Gasteiger charge is -2.13. The van der Waals surface area contributed by atoms with Gasteiger partial charge in [0, 0.05) is 79.5 Å². The van der Waals surface area contributed by atoms with Crippen LogP contribution in [-0.4, -0.2) is 59.5 Å². The van der Waals surface area contributed by atoms with Gasteiger partial charge in [0.2, 0.25) is 9.84 Å². The summed E-state index contributed by atoms with van der Waals surface area (Å²) >= 11 is 0. The van der Waals surface area contributed by atoms with Gasteiger partial charge in [-0.1, -0.05) is 24.3 Å². The Balaban J connectivity index is 1.09. The second kappa shape index (κ2) is 13.0. The molecule has 1 unspecified atom stereocenters. The smallest absolute Gasteiger partial charge is 0.323 e. The topological polar surface area (TPSA) is 149 Å². The molecule has 0 amide bonds. The maximum absolute atomic E-state index is 14.5. The van der Waals surface area contributed by atoms with Crippen molar-refractivity contribution in [3.63, 3.8) is 0 Å². The molecular formula is C43H33F2N3O7S2. The number of aromatic nitrogens is 3. The molecule has 0 aliphatic carbocycles. The average molecular weight is 806 g/mol. The Bertz CT molecular complexity index is 3170. The molecule has 0 bridgehead atoms. The Hall–Kier alpha value is -5.96. The predicted octanol–water partition coefficient (Wildman–Crippen LogP) is 7.39. The van der Waals surface area contributed by atoms with Crippen molar-refractivity contribution in [1.82, 2.24) is 14.1 Å². The van der Waals surface area contributed by atoms with E-state index in [1.54, 1.807) is 72.3 Å². The van der Waals surface area contributed by atoms with Crippen LogP contribution in [0, 0.1) is 25.5 Å². The number of hydrogen-bond donors (Lipinski definition) is 2. The number of fused-ring (bicyclic) bond motifs is 4. The van der Waals surface area contributed by atoms with Crippen LogP contribution in [0.15, 0.2) is 106 Å². The van der Waals surface area contributed by atoms with Crippen LogP contribution >= 0.6 is 0 Å². The number of halogens is 2. The summed E-state index contributed by atoms with van der Waals surface area (Å²) in [7, 11) is -7.74. The number of benzene rings is 4. The summed E-state index contributed by atoms with van der Waals surface area (Å²) in [5.41, 5.74) is 7.12. The molecule has 4 aromatic carbocycles. The minimum atomic E-state index is -3.91. The van der Waals surface area contributed by atoms with Crippen molar-refractivity contribution < 1.29 is 40.6 Å². The minimum absolute atomic E-state index is 0.0850. The van der Waals surface area contributed by atoms with Gasteiger partial charge in [-0.15, -0.1) is 0 Å². The van der Waals surface area contributed by atoms with Gasteiger partial charge in [0.25, 0.3) is 0 Å². The average Bonchev–Trinajstić information content (AvgIpc) is 3.80. The number of carbonyl (C=O) groups is 1. The molecule has 1 atom stereocenters. The van der Waals surface area contributed by atoms with Gasteiger partial charge in [0.15, 0.2) is 9.84 Å². The number of aliphatic hydroxyl groups excluding tert-OH is 1. The summed E-state index contributed by atoms with van der Waals surface area (Å²) in [5, 5.41) is 21.5. The van der Waals surface area contributed by atoms with Crippen molar-refractivity contribution >= 4 is 53.0 Å². The van der Waals surface area contributed by atoms with Gasteiger partial charge in [-0.2, -0.15) is 0 Å². The van der Waals surface area contributed by atoms with E-state index in [2.05, 4.69) is 4.98 Å². The molecular weight excluding hydrogens is 773 g/mol. The van der Waals surface area contributed by atoms with E-state index >= 15 is 0 Å². The summed E-state index contributed by atoms with van der Waals surface area (Å²) in [6, 6.07) is 22.0. The molecule has 3 aromatic heterocycles. The van der Waals surface area contributed by atoms with Gasteiger partial charge in [-0.25, -0.2) is 25.6 Å². The van der Waals surface area contributed by atoms with Gasteiger partial charge in [0.05, 0.1) is 27.8 Å². The highest BCUT2D eigenvalue weighted by Crippen LogP contribution is 2.47. The third-order valence-electron chi connectivity index (χ3n) is 11.2. The minimum Gasteiger partial charge on any atom is -0.480 e. The van der Waals surface area contributed by atoms with Crippen LogP contribution in [0.25, 0.3) is 49.8 Å². The summed E-state index contributed by atoms with van der Waals surface area (Å²) in [6.45, 7) is 3.26.